The molecule has 2 rings (SSSR count). The molecule has 0 bridgehead atoms. The van der Waals surface area contributed by atoms with Crippen LogP contribution in [0.2, 0.25) is 5.02 Å². The summed E-state index contributed by atoms with van der Waals surface area (Å²) in [5.74, 6) is 0. The minimum Gasteiger partial charge on any atom is -0.309 e. The second kappa shape index (κ2) is 6.71. The molecule has 0 aliphatic carbocycles. The van der Waals surface area contributed by atoms with E-state index in [0.29, 0.717) is 6.04 Å². The topological polar surface area (TPSA) is 12.0 Å². The van der Waals surface area contributed by atoms with Crippen molar-refractivity contribution in [2.45, 2.75) is 19.4 Å². The van der Waals surface area contributed by atoms with Gasteiger partial charge in [-0.05, 0) is 58.0 Å². The van der Waals surface area contributed by atoms with E-state index in [9.17, 15) is 0 Å². The first-order valence-electron chi connectivity index (χ1n) is 5.91. The summed E-state index contributed by atoms with van der Waals surface area (Å²) in [4.78, 5) is 1.34. The molecular formula is C14H15BrClNS. The summed E-state index contributed by atoms with van der Waals surface area (Å²) < 4.78 is 1.18. The Bertz CT molecular complexity index is 512. The van der Waals surface area contributed by atoms with Crippen LogP contribution in [0.1, 0.15) is 23.4 Å². The Hall–Kier alpha value is -0.350. The van der Waals surface area contributed by atoms with Crippen LogP contribution in [0.15, 0.2) is 40.2 Å². The predicted octanol–water partition coefficient (Wildman–Crippen LogP) is 5.06. The van der Waals surface area contributed by atoms with Gasteiger partial charge in [-0.2, -0.15) is 0 Å². The Labute approximate surface area is 125 Å². The van der Waals surface area contributed by atoms with Crippen molar-refractivity contribution < 1.29 is 0 Å². The largest absolute Gasteiger partial charge is 0.309 e. The molecule has 1 unspecified atom stereocenters. The Kier molecular flexibility index (Phi) is 5.25. The summed E-state index contributed by atoms with van der Waals surface area (Å²) in [5.41, 5.74) is 1.26. The maximum absolute atomic E-state index is 6.03. The fraction of sp³-hybridized carbons (Fsp3) is 0.286. The Morgan fingerprint density at radius 3 is 2.83 bits per heavy atom. The maximum Gasteiger partial charge on any atom is 0.0467 e. The van der Waals surface area contributed by atoms with Crippen LogP contribution in [-0.4, -0.2) is 6.54 Å². The minimum atomic E-state index is 0.336. The van der Waals surface area contributed by atoms with E-state index in [1.807, 2.05) is 18.2 Å². The molecule has 96 valence electrons. The average Bonchev–Trinajstić information content (AvgIpc) is 2.75. The molecule has 1 atom stereocenters. The second-order valence-electron chi connectivity index (χ2n) is 4.08. The van der Waals surface area contributed by atoms with E-state index in [1.54, 1.807) is 11.3 Å². The van der Waals surface area contributed by atoms with E-state index in [-0.39, 0.29) is 0 Å². The first kappa shape index (κ1) is 14.1. The highest BCUT2D eigenvalue weighted by Crippen LogP contribution is 2.31. The quantitative estimate of drug-likeness (QED) is 0.799. The second-order valence-corrected chi connectivity index (χ2v) is 6.32. The van der Waals surface area contributed by atoms with Crippen LogP contribution in [0.5, 0.6) is 0 Å². The fourth-order valence-corrected chi connectivity index (χ4v) is 3.90. The van der Waals surface area contributed by atoms with Gasteiger partial charge in [0.05, 0.1) is 0 Å². The Morgan fingerprint density at radius 1 is 1.39 bits per heavy atom. The fourth-order valence-electron chi connectivity index (χ4n) is 1.96. The molecule has 0 aliphatic heterocycles. The minimum absolute atomic E-state index is 0.336. The van der Waals surface area contributed by atoms with Gasteiger partial charge in [-0.1, -0.05) is 30.7 Å². The highest BCUT2D eigenvalue weighted by molar-refractivity contribution is 9.10. The molecule has 1 N–H and O–H groups in total. The van der Waals surface area contributed by atoms with Gasteiger partial charge in [0.2, 0.25) is 0 Å². The third kappa shape index (κ3) is 3.58. The van der Waals surface area contributed by atoms with Crippen LogP contribution >= 0.6 is 38.9 Å². The smallest absolute Gasteiger partial charge is 0.0467 e. The van der Waals surface area contributed by atoms with Crippen LogP contribution < -0.4 is 5.32 Å². The van der Waals surface area contributed by atoms with Gasteiger partial charge in [-0.25, -0.2) is 0 Å². The molecule has 1 nitrogen and oxygen atoms in total. The number of nitrogens with one attached hydrogen (secondary N) is 1. The van der Waals surface area contributed by atoms with Crippen molar-refractivity contribution in [3.63, 3.8) is 0 Å². The summed E-state index contributed by atoms with van der Waals surface area (Å²) in [6.07, 6.45) is 0.952. The lowest BCUT2D eigenvalue weighted by atomic mass is 10.0. The standard InChI is InChI=1S/C14H15BrClNS/c1-2-17-13(14-12(15)6-7-18-14)9-10-4-3-5-11(16)8-10/h3-8,13,17H,2,9H2,1H3. The molecule has 0 spiro atoms. The van der Waals surface area contributed by atoms with Crippen molar-refractivity contribution in [2.24, 2.45) is 0 Å². The molecule has 0 aliphatic rings. The van der Waals surface area contributed by atoms with Gasteiger partial charge in [0.25, 0.3) is 0 Å². The molecule has 0 radical (unpaired) electrons. The van der Waals surface area contributed by atoms with Crippen molar-refractivity contribution in [3.05, 3.63) is 55.6 Å². The van der Waals surface area contributed by atoms with Crippen molar-refractivity contribution in [1.82, 2.24) is 5.32 Å². The van der Waals surface area contributed by atoms with Crippen LogP contribution in [0.3, 0.4) is 0 Å². The van der Waals surface area contributed by atoms with Crippen LogP contribution in [0, 0.1) is 0 Å². The molecule has 4 heteroatoms. The SMILES string of the molecule is CCNC(Cc1cccc(Cl)c1)c1sccc1Br. The Balaban J connectivity index is 2.19. The number of halogens is 2. The van der Waals surface area contributed by atoms with Crippen LogP contribution in [0.4, 0.5) is 0 Å². The summed E-state index contributed by atoms with van der Waals surface area (Å²) in [6, 6.07) is 10.5. The number of benzene rings is 1. The average molecular weight is 345 g/mol. The maximum atomic E-state index is 6.03. The van der Waals surface area contributed by atoms with Crippen molar-refractivity contribution in [1.29, 1.82) is 0 Å². The molecule has 1 heterocycles. The number of hydrogen-bond donors (Lipinski definition) is 1. The third-order valence-electron chi connectivity index (χ3n) is 2.74. The van der Waals surface area contributed by atoms with Crippen LogP contribution in [-0.2, 0) is 6.42 Å². The summed E-state index contributed by atoms with van der Waals surface area (Å²) in [6.45, 7) is 3.09. The number of rotatable bonds is 5. The first-order valence-corrected chi connectivity index (χ1v) is 7.96. The van der Waals surface area contributed by atoms with Gasteiger partial charge >= 0.3 is 0 Å². The van der Waals surface area contributed by atoms with Gasteiger partial charge < -0.3 is 5.32 Å². The van der Waals surface area contributed by atoms with E-state index in [4.69, 9.17) is 11.6 Å². The highest BCUT2D eigenvalue weighted by atomic mass is 79.9. The van der Waals surface area contributed by atoms with Gasteiger partial charge in [0.15, 0.2) is 0 Å². The lowest BCUT2D eigenvalue weighted by molar-refractivity contribution is 0.556. The van der Waals surface area contributed by atoms with Crippen molar-refractivity contribution >= 4 is 38.9 Å². The van der Waals surface area contributed by atoms with E-state index >= 15 is 0 Å². The molecule has 18 heavy (non-hydrogen) atoms. The zero-order chi connectivity index (χ0) is 13.0. The van der Waals surface area contributed by atoms with E-state index in [2.05, 4.69) is 45.7 Å². The molecule has 0 fully saturated rings. The molecule has 1 aromatic heterocycles. The summed E-state index contributed by atoms with van der Waals surface area (Å²) in [5, 5.41) is 6.44. The zero-order valence-corrected chi connectivity index (χ0v) is 13.3. The lowest BCUT2D eigenvalue weighted by Gasteiger charge is -2.17. The first-order chi connectivity index (χ1) is 8.70. The molecule has 0 amide bonds. The summed E-state index contributed by atoms with van der Waals surface area (Å²) in [7, 11) is 0. The normalized spacial score (nSPS) is 12.6. The van der Waals surface area contributed by atoms with E-state index < -0.39 is 0 Å². The van der Waals surface area contributed by atoms with Gasteiger partial charge in [-0.3, -0.25) is 0 Å². The predicted molar refractivity (Wildman–Crippen MR) is 83.6 cm³/mol. The Morgan fingerprint density at radius 2 is 2.22 bits per heavy atom. The molecule has 0 saturated heterocycles. The highest BCUT2D eigenvalue weighted by Gasteiger charge is 2.15. The van der Waals surface area contributed by atoms with E-state index in [0.717, 1.165) is 18.0 Å². The number of thiophene rings is 1. The van der Waals surface area contributed by atoms with Crippen molar-refractivity contribution in [3.8, 4) is 0 Å². The van der Waals surface area contributed by atoms with Gasteiger partial charge in [-0.15, -0.1) is 11.3 Å². The molecule has 0 saturated carbocycles. The molecule has 1 aromatic carbocycles. The number of hydrogen-bond acceptors (Lipinski definition) is 2. The lowest BCUT2D eigenvalue weighted by Crippen LogP contribution is -2.22. The third-order valence-corrected chi connectivity index (χ3v) is 4.96. The van der Waals surface area contributed by atoms with Crippen LogP contribution in [0.25, 0.3) is 0 Å². The zero-order valence-electron chi connectivity index (χ0n) is 10.1. The molecular weight excluding hydrogens is 330 g/mol. The van der Waals surface area contributed by atoms with Gasteiger partial charge in [0.1, 0.15) is 0 Å². The van der Waals surface area contributed by atoms with E-state index in [1.165, 1.54) is 14.9 Å². The monoisotopic (exact) mass is 343 g/mol. The van der Waals surface area contributed by atoms with Crippen molar-refractivity contribution in [2.75, 3.05) is 6.54 Å². The molecule has 2 aromatic rings. The van der Waals surface area contributed by atoms with Gasteiger partial charge in [0, 0.05) is 20.4 Å². The summed E-state index contributed by atoms with van der Waals surface area (Å²) >= 11 is 11.4. The number of likely N-dealkylation sites (N-methyl/N-ethyl adjacent to an activating group) is 1.